The van der Waals surface area contributed by atoms with Crippen LogP contribution in [0, 0.1) is 6.92 Å². The van der Waals surface area contributed by atoms with E-state index in [-0.39, 0.29) is 0 Å². The Balaban J connectivity index is 2.39. The van der Waals surface area contributed by atoms with Crippen molar-refractivity contribution in [2.45, 2.75) is 33.2 Å². The molecule has 0 N–H and O–H groups in total. The Bertz CT molecular complexity index is 502. The first-order valence-corrected chi connectivity index (χ1v) is 8.87. The second kappa shape index (κ2) is 6.01. The highest BCUT2D eigenvalue weighted by Crippen LogP contribution is 2.06. The van der Waals surface area contributed by atoms with Crippen molar-refractivity contribution >= 4 is 19.2 Å². The molecular weight excluding hydrogens is 232 g/mol. The third-order valence-electron chi connectivity index (χ3n) is 3.73. The van der Waals surface area contributed by atoms with Crippen molar-refractivity contribution in [1.82, 2.24) is 0 Å². The summed E-state index contributed by atoms with van der Waals surface area (Å²) in [5.41, 5.74) is 2.94. The zero-order chi connectivity index (χ0) is 13.0. The molecule has 0 radical (unpaired) electrons. The molecule has 0 saturated carbocycles. The molecule has 1 heteroatoms. The molecule has 0 fully saturated rings. The highest BCUT2D eigenvalue weighted by Gasteiger charge is 2.15. The third-order valence-corrected chi connectivity index (χ3v) is 7.13. The van der Waals surface area contributed by atoms with Crippen molar-refractivity contribution in [1.29, 1.82) is 0 Å². The highest BCUT2D eigenvalue weighted by molar-refractivity contribution is 6.85. The number of hydrogen-bond donors (Lipinski definition) is 0. The number of rotatable bonds is 4. The molecule has 1 unspecified atom stereocenters. The van der Waals surface area contributed by atoms with Gasteiger partial charge in [0.15, 0.2) is 0 Å². The maximum atomic E-state index is 2.38. The van der Waals surface area contributed by atoms with Gasteiger partial charge in [-0.2, -0.15) is 0 Å². The molecule has 0 spiro atoms. The summed E-state index contributed by atoms with van der Waals surface area (Å²) in [5, 5.41) is 3.17. The van der Waals surface area contributed by atoms with Crippen LogP contribution < -0.4 is 10.4 Å². The molecule has 0 saturated heterocycles. The maximum absolute atomic E-state index is 2.38. The Kier molecular flexibility index (Phi) is 4.37. The third kappa shape index (κ3) is 2.73. The Morgan fingerprint density at radius 2 is 1.67 bits per heavy atom. The highest BCUT2D eigenvalue weighted by atomic mass is 28.3. The van der Waals surface area contributed by atoms with E-state index in [1.807, 2.05) is 0 Å². The normalized spacial score (nSPS) is 12.4. The molecule has 0 bridgehead atoms. The van der Waals surface area contributed by atoms with E-state index in [1.54, 1.807) is 10.4 Å². The standard InChI is InChI=1S/C17H22Si/c1-4-15-11-12-17(14(3)13-15)18(5-2)16-9-7-6-8-10-16/h6-13,18H,4-5H2,1-3H3. The van der Waals surface area contributed by atoms with Gasteiger partial charge in [0.2, 0.25) is 0 Å². The molecule has 2 aromatic carbocycles. The fourth-order valence-corrected chi connectivity index (χ4v) is 5.59. The Morgan fingerprint density at radius 1 is 0.944 bits per heavy atom. The van der Waals surface area contributed by atoms with Gasteiger partial charge in [0.25, 0.3) is 0 Å². The first-order chi connectivity index (χ1) is 8.76. The molecule has 0 aromatic heterocycles. The Morgan fingerprint density at radius 3 is 2.22 bits per heavy atom. The molecule has 2 aromatic rings. The van der Waals surface area contributed by atoms with Gasteiger partial charge < -0.3 is 0 Å². The summed E-state index contributed by atoms with van der Waals surface area (Å²) in [7, 11) is -1.00. The van der Waals surface area contributed by atoms with Gasteiger partial charge in [-0.15, -0.1) is 0 Å². The summed E-state index contributed by atoms with van der Waals surface area (Å²) >= 11 is 0. The largest absolute Gasteiger partial charge is 0.103 e. The van der Waals surface area contributed by atoms with Crippen LogP contribution in [0.3, 0.4) is 0 Å². The minimum Gasteiger partial charge on any atom is -0.0674 e. The van der Waals surface area contributed by atoms with E-state index in [9.17, 15) is 0 Å². The molecule has 18 heavy (non-hydrogen) atoms. The van der Waals surface area contributed by atoms with E-state index < -0.39 is 8.80 Å². The second-order valence-electron chi connectivity index (χ2n) is 4.92. The SMILES string of the molecule is CCc1ccc([SiH](CC)c2ccccc2)c(C)c1. The molecular formula is C17H22Si. The van der Waals surface area contributed by atoms with Crippen LogP contribution in [0.15, 0.2) is 48.5 Å². The van der Waals surface area contributed by atoms with E-state index >= 15 is 0 Å². The fraction of sp³-hybridized carbons (Fsp3) is 0.294. The lowest BCUT2D eigenvalue weighted by atomic mass is 10.1. The molecule has 94 valence electrons. The van der Waals surface area contributed by atoms with E-state index in [2.05, 4.69) is 69.3 Å². The van der Waals surface area contributed by atoms with Crippen molar-refractivity contribution in [2.75, 3.05) is 0 Å². The number of hydrogen-bond acceptors (Lipinski definition) is 0. The summed E-state index contributed by atoms with van der Waals surface area (Å²) < 4.78 is 0. The quantitative estimate of drug-likeness (QED) is 0.736. The van der Waals surface area contributed by atoms with E-state index in [0.717, 1.165) is 6.42 Å². The lowest BCUT2D eigenvalue weighted by Crippen LogP contribution is -2.42. The lowest BCUT2D eigenvalue weighted by molar-refractivity contribution is 1.13. The van der Waals surface area contributed by atoms with Gasteiger partial charge in [-0.25, -0.2) is 0 Å². The predicted octanol–water partition coefficient (Wildman–Crippen LogP) is 2.92. The van der Waals surface area contributed by atoms with Crippen LogP contribution in [0.4, 0.5) is 0 Å². The van der Waals surface area contributed by atoms with Crippen LogP contribution in [0.2, 0.25) is 6.04 Å². The van der Waals surface area contributed by atoms with Crippen LogP contribution in [0.25, 0.3) is 0 Å². The average Bonchev–Trinajstić information content (AvgIpc) is 2.42. The smallest absolute Gasteiger partial charge is 0.0674 e. The van der Waals surface area contributed by atoms with Crippen molar-refractivity contribution in [3.8, 4) is 0 Å². The Labute approximate surface area is 112 Å². The van der Waals surface area contributed by atoms with Gasteiger partial charge >= 0.3 is 0 Å². The molecule has 2 rings (SSSR count). The van der Waals surface area contributed by atoms with Gasteiger partial charge in [0.1, 0.15) is 8.80 Å². The minimum atomic E-state index is -1.00. The molecule has 0 nitrogen and oxygen atoms in total. The van der Waals surface area contributed by atoms with Gasteiger partial charge in [-0.1, -0.05) is 84.4 Å². The van der Waals surface area contributed by atoms with Gasteiger partial charge in [-0.3, -0.25) is 0 Å². The van der Waals surface area contributed by atoms with Crippen molar-refractivity contribution < 1.29 is 0 Å². The van der Waals surface area contributed by atoms with Crippen LogP contribution in [-0.4, -0.2) is 8.80 Å². The van der Waals surface area contributed by atoms with E-state index in [4.69, 9.17) is 0 Å². The van der Waals surface area contributed by atoms with Crippen molar-refractivity contribution in [2.24, 2.45) is 0 Å². The average molecular weight is 254 g/mol. The molecule has 0 amide bonds. The van der Waals surface area contributed by atoms with Crippen LogP contribution in [0.1, 0.15) is 25.0 Å². The topological polar surface area (TPSA) is 0 Å². The summed E-state index contributed by atoms with van der Waals surface area (Å²) in [4.78, 5) is 0. The predicted molar refractivity (Wildman–Crippen MR) is 83.9 cm³/mol. The van der Waals surface area contributed by atoms with Crippen LogP contribution in [0.5, 0.6) is 0 Å². The lowest BCUT2D eigenvalue weighted by Gasteiger charge is -2.17. The van der Waals surface area contributed by atoms with E-state index in [1.165, 1.54) is 17.2 Å². The Hall–Kier alpha value is -1.34. The minimum absolute atomic E-state index is 1.00. The zero-order valence-electron chi connectivity index (χ0n) is 11.6. The van der Waals surface area contributed by atoms with Crippen molar-refractivity contribution in [3.05, 3.63) is 59.7 Å². The van der Waals surface area contributed by atoms with Gasteiger partial charge in [0.05, 0.1) is 0 Å². The first kappa shape index (κ1) is 13.1. The molecule has 0 heterocycles. The molecule has 0 aliphatic heterocycles. The number of benzene rings is 2. The second-order valence-corrected chi connectivity index (χ2v) is 8.13. The first-order valence-electron chi connectivity index (χ1n) is 6.90. The summed E-state index contributed by atoms with van der Waals surface area (Å²) in [6.45, 7) is 6.82. The maximum Gasteiger partial charge on any atom is 0.103 e. The summed E-state index contributed by atoms with van der Waals surface area (Å²) in [6, 6.07) is 19.4. The molecule has 0 aliphatic rings. The van der Waals surface area contributed by atoms with Crippen LogP contribution in [-0.2, 0) is 6.42 Å². The molecule has 1 atom stereocenters. The van der Waals surface area contributed by atoms with Crippen molar-refractivity contribution in [3.63, 3.8) is 0 Å². The van der Waals surface area contributed by atoms with Gasteiger partial charge in [0, 0.05) is 0 Å². The van der Waals surface area contributed by atoms with Crippen LogP contribution >= 0.6 is 0 Å². The number of aryl methyl sites for hydroxylation is 2. The zero-order valence-corrected chi connectivity index (χ0v) is 12.8. The monoisotopic (exact) mass is 254 g/mol. The molecule has 0 aliphatic carbocycles. The summed E-state index contributed by atoms with van der Waals surface area (Å²) in [6.07, 6.45) is 1.13. The summed E-state index contributed by atoms with van der Waals surface area (Å²) in [5.74, 6) is 0. The fourth-order valence-electron chi connectivity index (χ4n) is 2.67. The van der Waals surface area contributed by atoms with E-state index in [0.29, 0.717) is 0 Å². The van der Waals surface area contributed by atoms with Gasteiger partial charge in [-0.05, 0) is 18.9 Å².